The molecular formula is C9H12N4. The quantitative estimate of drug-likeness (QED) is 0.655. The zero-order chi connectivity index (χ0) is 9.47. The summed E-state index contributed by atoms with van der Waals surface area (Å²) in [7, 11) is 0. The summed E-state index contributed by atoms with van der Waals surface area (Å²) in [5.74, 6) is 0.811. The first kappa shape index (κ1) is 8.16. The molecule has 0 spiro atoms. The Labute approximate surface area is 77.1 Å². The van der Waals surface area contributed by atoms with Crippen LogP contribution in [-0.2, 0) is 0 Å². The summed E-state index contributed by atoms with van der Waals surface area (Å²) in [6, 6.07) is 0. The Kier molecular flexibility index (Phi) is 1.58. The van der Waals surface area contributed by atoms with E-state index < -0.39 is 0 Å². The molecule has 4 heteroatoms. The van der Waals surface area contributed by atoms with E-state index in [0.717, 1.165) is 17.2 Å². The largest absolute Gasteiger partial charge is 0.358 e. The van der Waals surface area contributed by atoms with Gasteiger partial charge in [-0.15, -0.1) is 0 Å². The molecule has 0 saturated carbocycles. The van der Waals surface area contributed by atoms with Crippen LogP contribution in [0, 0.1) is 0 Å². The fraction of sp³-hybridized carbons (Fsp3) is 0.444. The van der Waals surface area contributed by atoms with Crippen molar-refractivity contribution in [3.63, 3.8) is 0 Å². The number of nitrogens with zero attached hydrogens (tertiary/aromatic N) is 3. The summed E-state index contributed by atoms with van der Waals surface area (Å²) in [6.45, 7) is 6.16. The van der Waals surface area contributed by atoms with Crippen LogP contribution in [0.3, 0.4) is 0 Å². The van der Waals surface area contributed by atoms with Crippen LogP contribution in [0.25, 0.3) is 0 Å². The molecule has 0 aromatic carbocycles. The molecule has 1 aromatic heterocycles. The van der Waals surface area contributed by atoms with Crippen LogP contribution in [0.1, 0.15) is 20.8 Å². The summed E-state index contributed by atoms with van der Waals surface area (Å²) >= 11 is 0. The van der Waals surface area contributed by atoms with Crippen molar-refractivity contribution in [1.82, 2.24) is 9.97 Å². The van der Waals surface area contributed by atoms with Gasteiger partial charge in [0.05, 0.1) is 11.7 Å². The molecule has 0 fully saturated rings. The van der Waals surface area contributed by atoms with Gasteiger partial charge >= 0.3 is 0 Å². The van der Waals surface area contributed by atoms with Crippen molar-refractivity contribution in [3.8, 4) is 0 Å². The van der Waals surface area contributed by atoms with Gasteiger partial charge in [-0.3, -0.25) is 4.99 Å². The molecule has 0 aliphatic carbocycles. The summed E-state index contributed by atoms with van der Waals surface area (Å²) < 4.78 is 0. The van der Waals surface area contributed by atoms with E-state index in [0.29, 0.717) is 0 Å². The summed E-state index contributed by atoms with van der Waals surface area (Å²) in [4.78, 5) is 12.5. The number of anilines is 1. The second-order valence-electron chi connectivity index (χ2n) is 3.70. The second kappa shape index (κ2) is 2.52. The highest BCUT2D eigenvalue weighted by Crippen LogP contribution is 2.30. The molecule has 1 aliphatic rings. The maximum absolute atomic E-state index is 4.43. The zero-order valence-corrected chi connectivity index (χ0v) is 8.00. The number of aromatic nitrogens is 2. The van der Waals surface area contributed by atoms with Gasteiger partial charge in [0.1, 0.15) is 12.0 Å². The van der Waals surface area contributed by atoms with Gasteiger partial charge in [0.15, 0.2) is 5.82 Å². The van der Waals surface area contributed by atoms with Crippen LogP contribution in [0.15, 0.2) is 17.5 Å². The Balaban J connectivity index is 2.53. The average molecular weight is 176 g/mol. The molecule has 1 aliphatic heterocycles. The molecule has 4 nitrogen and oxygen atoms in total. The van der Waals surface area contributed by atoms with Crippen LogP contribution in [-0.4, -0.2) is 21.2 Å². The Morgan fingerprint density at radius 2 is 2.15 bits per heavy atom. The van der Waals surface area contributed by atoms with Gasteiger partial charge < -0.3 is 5.32 Å². The third-order valence-electron chi connectivity index (χ3n) is 2.32. The maximum atomic E-state index is 4.43. The van der Waals surface area contributed by atoms with Crippen molar-refractivity contribution in [3.05, 3.63) is 12.5 Å². The van der Waals surface area contributed by atoms with Crippen molar-refractivity contribution in [2.24, 2.45) is 4.99 Å². The van der Waals surface area contributed by atoms with E-state index in [1.807, 2.05) is 6.92 Å². The Morgan fingerprint density at radius 1 is 1.38 bits per heavy atom. The van der Waals surface area contributed by atoms with E-state index in [-0.39, 0.29) is 5.54 Å². The van der Waals surface area contributed by atoms with Crippen molar-refractivity contribution in [1.29, 1.82) is 0 Å². The minimum atomic E-state index is -0.110. The van der Waals surface area contributed by atoms with Gasteiger partial charge in [-0.1, -0.05) is 0 Å². The van der Waals surface area contributed by atoms with E-state index in [1.54, 1.807) is 6.20 Å². The normalized spacial score (nSPS) is 18.5. The summed E-state index contributed by atoms with van der Waals surface area (Å²) in [5.41, 5.74) is 1.76. The lowest BCUT2D eigenvalue weighted by atomic mass is 9.98. The lowest BCUT2D eigenvalue weighted by molar-refractivity contribution is 0.739. The first-order valence-corrected chi connectivity index (χ1v) is 4.23. The van der Waals surface area contributed by atoms with Crippen LogP contribution in [0.4, 0.5) is 11.5 Å². The van der Waals surface area contributed by atoms with Crippen LogP contribution >= 0.6 is 0 Å². The van der Waals surface area contributed by atoms with Gasteiger partial charge in [-0.05, 0) is 20.8 Å². The molecule has 2 rings (SSSR count). The third-order valence-corrected chi connectivity index (χ3v) is 2.32. The fourth-order valence-corrected chi connectivity index (χ4v) is 1.21. The zero-order valence-electron chi connectivity index (χ0n) is 8.00. The molecule has 0 amide bonds. The van der Waals surface area contributed by atoms with E-state index in [1.165, 1.54) is 6.33 Å². The fourth-order valence-electron chi connectivity index (χ4n) is 1.21. The molecule has 0 radical (unpaired) electrons. The van der Waals surface area contributed by atoms with E-state index in [9.17, 15) is 0 Å². The first-order valence-electron chi connectivity index (χ1n) is 4.23. The topological polar surface area (TPSA) is 50.2 Å². The number of nitrogens with one attached hydrogen (secondary N) is 1. The second-order valence-corrected chi connectivity index (χ2v) is 3.70. The highest BCUT2D eigenvalue weighted by molar-refractivity contribution is 5.98. The van der Waals surface area contributed by atoms with Crippen LogP contribution < -0.4 is 5.32 Å². The highest BCUT2D eigenvalue weighted by Gasteiger charge is 2.27. The first-order chi connectivity index (χ1) is 6.09. The molecule has 0 atom stereocenters. The SMILES string of the molecule is CC1=Nc2cncnc2NC1(C)C. The number of aliphatic imine (C=N–C) groups is 1. The smallest absolute Gasteiger partial charge is 0.156 e. The molecule has 68 valence electrons. The van der Waals surface area contributed by atoms with Crippen molar-refractivity contribution < 1.29 is 0 Å². The van der Waals surface area contributed by atoms with Crippen molar-refractivity contribution >= 4 is 17.2 Å². The van der Waals surface area contributed by atoms with Gasteiger partial charge in [0.25, 0.3) is 0 Å². The molecule has 2 heterocycles. The number of rotatable bonds is 0. The number of hydrogen-bond donors (Lipinski definition) is 1. The maximum Gasteiger partial charge on any atom is 0.156 e. The van der Waals surface area contributed by atoms with Crippen LogP contribution in [0.2, 0.25) is 0 Å². The third kappa shape index (κ3) is 1.28. The molecule has 0 saturated heterocycles. The molecule has 1 aromatic rings. The lowest BCUT2D eigenvalue weighted by Crippen LogP contribution is -2.40. The lowest BCUT2D eigenvalue weighted by Gasteiger charge is -2.30. The molecule has 1 N–H and O–H groups in total. The van der Waals surface area contributed by atoms with Crippen LogP contribution in [0.5, 0.6) is 0 Å². The Bertz CT molecular complexity index is 368. The van der Waals surface area contributed by atoms with Crippen molar-refractivity contribution in [2.75, 3.05) is 5.32 Å². The Morgan fingerprint density at radius 3 is 2.92 bits per heavy atom. The molecule has 0 unspecified atom stereocenters. The molecule has 13 heavy (non-hydrogen) atoms. The van der Waals surface area contributed by atoms with Gasteiger partial charge in [-0.2, -0.15) is 0 Å². The standard InChI is InChI=1S/C9H12N4/c1-6-9(2,3)13-8-7(12-6)4-10-5-11-8/h4-5H,1-3H3,(H,10,11,13). The average Bonchev–Trinajstić information content (AvgIpc) is 2.06. The van der Waals surface area contributed by atoms with Gasteiger partial charge in [0, 0.05) is 5.71 Å². The van der Waals surface area contributed by atoms with Crippen molar-refractivity contribution in [2.45, 2.75) is 26.3 Å². The predicted molar refractivity (Wildman–Crippen MR) is 52.5 cm³/mol. The van der Waals surface area contributed by atoms with Gasteiger partial charge in [-0.25, -0.2) is 9.97 Å². The van der Waals surface area contributed by atoms with E-state index in [2.05, 4.69) is 34.1 Å². The van der Waals surface area contributed by atoms with E-state index in [4.69, 9.17) is 0 Å². The number of hydrogen-bond acceptors (Lipinski definition) is 4. The minimum Gasteiger partial charge on any atom is -0.358 e. The Hall–Kier alpha value is -1.45. The molecular weight excluding hydrogens is 164 g/mol. The monoisotopic (exact) mass is 176 g/mol. The summed E-state index contributed by atoms with van der Waals surface area (Å²) in [6.07, 6.45) is 3.24. The predicted octanol–water partition coefficient (Wildman–Crippen LogP) is 1.77. The highest BCUT2D eigenvalue weighted by atomic mass is 15.1. The minimum absolute atomic E-state index is 0.110. The van der Waals surface area contributed by atoms with Gasteiger partial charge in [0.2, 0.25) is 0 Å². The molecule has 0 bridgehead atoms. The number of fused-ring (bicyclic) bond motifs is 1. The van der Waals surface area contributed by atoms with E-state index >= 15 is 0 Å². The summed E-state index contributed by atoms with van der Waals surface area (Å²) in [5, 5.41) is 3.30.